The van der Waals surface area contributed by atoms with Gasteiger partial charge in [0.25, 0.3) is 11.8 Å². The number of hydrogen-bond donors (Lipinski definition) is 5. The molecule has 256 valence electrons. The van der Waals surface area contributed by atoms with Crippen molar-refractivity contribution < 1.29 is 33.0 Å². The van der Waals surface area contributed by atoms with Gasteiger partial charge in [0.15, 0.2) is 0 Å². The number of amides is 3. The maximum absolute atomic E-state index is 13.7. The number of nitrogens with two attached hydrogens (primary N) is 1. The van der Waals surface area contributed by atoms with E-state index in [9.17, 15) is 33.0 Å². The van der Waals surface area contributed by atoms with Crippen molar-refractivity contribution in [2.75, 3.05) is 26.2 Å². The Morgan fingerprint density at radius 2 is 1.52 bits per heavy atom. The smallest absolute Gasteiger partial charge is 0.253 e. The number of aliphatic hydroxyl groups is 1. The van der Waals surface area contributed by atoms with Gasteiger partial charge in [-0.15, -0.1) is 0 Å². The number of rotatable bonds is 19. The van der Waals surface area contributed by atoms with Crippen molar-refractivity contribution in [3.63, 3.8) is 0 Å². The molecule has 2 aromatic carbocycles. The predicted molar refractivity (Wildman–Crippen MR) is 177 cm³/mol. The van der Waals surface area contributed by atoms with Crippen LogP contribution in [0.1, 0.15) is 93.0 Å². The van der Waals surface area contributed by atoms with Crippen LogP contribution < -0.4 is 15.9 Å². The van der Waals surface area contributed by atoms with E-state index in [0.717, 1.165) is 18.9 Å². The number of nitrogens with zero attached hydrogens (tertiary/aromatic N) is 2. The Bertz CT molecular complexity index is 1390. The van der Waals surface area contributed by atoms with Gasteiger partial charge in [-0.3, -0.25) is 19.8 Å². The fourth-order valence-corrected chi connectivity index (χ4v) is 5.55. The molecule has 2 atom stereocenters. The SMILES string of the molecule is CCCCN(CC(O)C(Cc1ccc(O)cc1)NC(=O)c1cc(C(=O)N(CCC)CCC)cc(S(N)(=O)=O)c1)NC(=O)CC(C)C. The van der Waals surface area contributed by atoms with Crippen molar-refractivity contribution in [2.24, 2.45) is 11.1 Å². The predicted octanol–water partition coefficient (Wildman–Crippen LogP) is 3.18. The number of aliphatic hydroxyl groups excluding tert-OH is 1. The maximum atomic E-state index is 13.7. The minimum Gasteiger partial charge on any atom is -0.508 e. The summed E-state index contributed by atoms with van der Waals surface area (Å²) >= 11 is 0. The third-order valence-electron chi connectivity index (χ3n) is 7.26. The molecule has 0 saturated carbocycles. The Labute approximate surface area is 273 Å². The number of nitrogens with one attached hydrogen (secondary N) is 2. The lowest BCUT2D eigenvalue weighted by Crippen LogP contribution is -2.53. The monoisotopic (exact) mass is 661 g/mol. The number of phenols is 1. The number of phenolic OH excluding ortho intramolecular Hbond substituents is 1. The highest BCUT2D eigenvalue weighted by molar-refractivity contribution is 7.89. The minimum atomic E-state index is -4.28. The quantitative estimate of drug-likeness (QED) is 0.142. The van der Waals surface area contributed by atoms with Gasteiger partial charge < -0.3 is 20.4 Å². The molecule has 0 aliphatic carbocycles. The van der Waals surface area contributed by atoms with E-state index in [-0.39, 0.29) is 46.6 Å². The lowest BCUT2D eigenvalue weighted by molar-refractivity contribution is -0.127. The van der Waals surface area contributed by atoms with Gasteiger partial charge in [0.1, 0.15) is 5.75 Å². The van der Waals surface area contributed by atoms with E-state index in [1.165, 1.54) is 24.3 Å². The molecule has 0 fully saturated rings. The molecule has 0 heterocycles. The molecule has 13 heteroatoms. The van der Waals surface area contributed by atoms with Gasteiger partial charge >= 0.3 is 0 Å². The summed E-state index contributed by atoms with van der Waals surface area (Å²) in [6.45, 7) is 11.1. The van der Waals surface area contributed by atoms with Crippen molar-refractivity contribution in [1.29, 1.82) is 0 Å². The lowest BCUT2D eigenvalue weighted by Gasteiger charge is -2.31. The molecule has 0 bridgehead atoms. The Kier molecular flexibility index (Phi) is 15.6. The van der Waals surface area contributed by atoms with Crippen LogP contribution in [0.5, 0.6) is 5.75 Å². The Balaban J connectivity index is 2.47. The zero-order valence-corrected chi connectivity index (χ0v) is 28.5. The van der Waals surface area contributed by atoms with E-state index in [4.69, 9.17) is 5.14 Å². The van der Waals surface area contributed by atoms with Crippen LogP contribution >= 0.6 is 0 Å². The van der Waals surface area contributed by atoms with E-state index in [2.05, 4.69) is 10.7 Å². The second-order valence-corrected chi connectivity index (χ2v) is 13.6. The van der Waals surface area contributed by atoms with Crippen LogP contribution in [0.25, 0.3) is 0 Å². The molecule has 2 aromatic rings. The van der Waals surface area contributed by atoms with Crippen molar-refractivity contribution >= 4 is 27.7 Å². The average Bonchev–Trinajstić information content (AvgIpc) is 2.98. The molecular formula is C33H51N5O7S. The number of primary sulfonamides is 1. The van der Waals surface area contributed by atoms with Gasteiger partial charge in [-0.1, -0.05) is 53.2 Å². The van der Waals surface area contributed by atoms with Gasteiger partial charge in [0.05, 0.1) is 17.0 Å². The fraction of sp³-hybridized carbons (Fsp3) is 0.545. The molecule has 0 aliphatic rings. The van der Waals surface area contributed by atoms with Crippen LogP contribution in [-0.4, -0.2) is 84.6 Å². The van der Waals surface area contributed by atoms with Crippen LogP contribution in [0.4, 0.5) is 0 Å². The zero-order valence-electron chi connectivity index (χ0n) is 27.7. The maximum Gasteiger partial charge on any atom is 0.253 e. The molecule has 0 saturated heterocycles. The number of aromatic hydroxyl groups is 1. The van der Waals surface area contributed by atoms with Crippen LogP contribution in [0, 0.1) is 5.92 Å². The highest BCUT2D eigenvalue weighted by atomic mass is 32.2. The molecule has 0 aromatic heterocycles. The summed E-state index contributed by atoms with van der Waals surface area (Å²) in [5.74, 6) is -1.13. The van der Waals surface area contributed by atoms with E-state index in [1.54, 1.807) is 22.0 Å². The van der Waals surface area contributed by atoms with Crippen molar-refractivity contribution in [2.45, 2.75) is 90.2 Å². The third-order valence-corrected chi connectivity index (χ3v) is 8.15. The molecule has 2 unspecified atom stereocenters. The summed E-state index contributed by atoms with van der Waals surface area (Å²) in [6, 6.07) is 9.00. The van der Waals surface area contributed by atoms with E-state index in [1.807, 2.05) is 34.6 Å². The number of hydrazine groups is 1. The van der Waals surface area contributed by atoms with Gasteiger partial charge in [0.2, 0.25) is 15.9 Å². The molecule has 3 amide bonds. The van der Waals surface area contributed by atoms with Crippen LogP contribution in [-0.2, 0) is 21.2 Å². The van der Waals surface area contributed by atoms with Gasteiger partial charge in [-0.2, -0.15) is 0 Å². The third kappa shape index (κ3) is 12.7. The molecule has 12 nitrogen and oxygen atoms in total. The first kappa shape index (κ1) is 38.7. The number of unbranched alkanes of at least 4 members (excludes halogenated alkanes) is 1. The lowest BCUT2D eigenvalue weighted by atomic mass is 9.99. The summed E-state index contributed by atoms with van der Waals surface area (Å²) in [5, 5.41) is 31.1. The molecule has 2 rings (SSSR count). The first-order chi connectivity index (χ1) is 21.7. The average molecular weight is 662 g/mol. The van der Waals surface area contributed by atoms with E-state index < -0.39 is 34.0 Å². The number of benzene rings is 2. The molecule has 46 heavy (non-hydrogen) atoms. The number of hydrogen-bond acceptors (Lipinski definition) is 8. The molecule has 0 spiro atoms. The summed E-state index contributed by atoms with van der Waals surface area (Å²) in [5.41, 5.74) is 3.47. The van der Waals surface area contributed by atoms with E-state index >= 15 is 0 Å². The summed E-state index contributed by atoms with van der Waals surface area (Å²) in [7, 11) is -4.28. The number of carbonyl (C=O) groups is 3. The second-order valence-electron chi connectivity index (χ2n) is 12.0. The van der Waals surface area contributed by atoms with Gasteiger partial charge in [0, 0.05) is 43.7 Å². The van der Waals surface area contributed by atoms with Gasteiger partial charge in [-0.25, -0.2) is 18.6 Å². The number of sulfonamides is 1. The Morgan fingerprint density at radius 3 is 2.07 bits per heavy atom. The largest absolute Gasteiger partial charge is 0.508 e. The zero-order chi connectivity index (χ0) is 34.4. The summed E-state index contributed by atoms with van der Waals surface area (Å²) < 4.78 is 24.8. The summed E-state index contributed by atoms with van der Waals surface area (Å²) in [4.78, 5) is 40.9. The van der Waals surface area contributed by atoms with E-state index in [0.29, 0.717) is 44.5 Å². The molecule has 0 radical (unpaired) electrons. The topological polar surface area (TPSA) is 182 Å². The van der Waals surface area contributed by atoms with Crippen LogP contribution in [0.2, 0.25) is 0 Å². The molecule has 0 aliphatic heterocycles. The van der Waals surface area contributed by atoms with Gasteiger partial charge in [-0.05, 0) is 67.5 Å². The fourth-order valence-electron chi connectivity index (χ4n) is 4.96. The normalized spacial score (nSPS) is 13.0. The minimum absolute atomic E-state index is 0.00316. The highest BCUT2D eigenvalue weighted by Crippen LogP contribution is 2.19. The van der Waals surface area contributed by atoms with Crippen molar-refractivity contribution in [3.8, 4) is 5.75 Å². The first-order valence-electron chi connectivity index (χ1n) is 16.0. The van der Waals surface area contributed by atoms with Crippen molar-refractivity contribution in [1.82, 2.24) is 20.7 Å². The summed E-state index contributed by atoms with van der Waals surface area (Å²) in [6.07, 6.45) is 2.28. The first-order valence-corrected chi connectivity index (χ1v) is 17.5. The second kappa shape index (κ2) is 18.6. The highest BCUT2D eigenvalue weighted by Gasteiger charge is 2.27. The molecular weight excluding hydrogens is 610 g/mol. The number of carbonyl (C=O) groups excluding carboxylic acids is 3. The Hall–Kier alpha value is -3.52. The van der Waals surface area contributed by atoms with Crippen molar-refractivity contribution in [3.05, 3.63) is 59.2 Å². The standard InChI is InChI=1S/C33H51N5O7S/c1-6-9-16-38(36-31(41)17-23(4)5)22-30(40)29(18-24-10-12-27(39)13-11-24)35-32(42)25-19-26(21-28(20-25)46(34,44)45)33(43)37(14-7-2)15-8-3/h10-13,19-21,23,29-30,39-40H,6-9,14-18,22H2,1-5H3,(H,35,42)(H,36,41)(H2,34,44,45). The van der Waals surface area contributed by atoms with Crippen LogP contribution in [0.3, 0.4) is 0 Å². The molecule has 6 N–H and O–H groups in total. The van der Waals surface area contributed by atoms with Crippen LogP contribution in [0.15, 0.2) is 47.4 Å². The Morgan fingerprint density at radius 1 is 0.913 bits per heavy atom.